The van der Waals surface area contributed by atoms with Crippen molar-refractivity contribution in [2.45, 2.75) is 25.2 Å². The summed E-state index contributed by atoms with van der Waals surface area (Å²) in [6.45, 7) is 4.27. The second-order valence-corrected chi connectivity index (χ2v) is 6.87. The molecule has 0 atom stereocenters. The molecule has 6 heteroatoms. The summed E-state index contributed by atoms with van der Waals surface area (Å²) in [5.74, 6) is 0. The number of sulfonamides is 1. The topological polar surface area (TPSA) is 46.2 Å². The van der Waals surface area contributed by atoms with E-state index in [0.29, 0.717) is 15.5 Å². The standard InChI is InChI=1S/C10H13Br2NO2S/c1-3-4-13-16(14,15)10-8(11)5-7(2)6-9(10)12/h5-6,13H,3-4H2,1-2H3. The zero-order valence-electron chi connectivity index (χ0n) is 9.05. The molecule has 0 saturated heterocycles. The first-order chi connectivity index (χ1) is 7.38. The summed E-state index contributed by atoms with van der Waals surface area (Å²) >= 11 is 6.55. The van der Waals surface area contributed by atoms with Gasteiger partial charge in [0.15, 0.2) is 0 Å². The Morgan fingerprint density at radius 3 is 2.19 bits per heavy atom. The Morgan fingerprint density at radius 2 is 1.75 bits per heavy atom. The first-order valence-corrected chi connectivity index (χ1v) is 7.90. The molecular formula is C10H13Br2NO2S. The van der Waals surface area contributed by atoms with E-state index in [2.05, 4.69) is 36.6 Å². The van der Waals surface area contributed by atoms with E-state index >= 15 is 0 Å². The summed E-state index contributed by atoms with van der Waals surface area (Å²) in [6, 6.07) is 3.57. The Balaban J connectivity index is 3.23. The third-order valence-corrected chi connectivity index (χ3v) is 5.29. The highest BCUT2D eigenvalue weighted by Gasteiger charge is 2.20. The SMILES string of the molecule is CCCNS(=O)(=O)c1c(Br)cc(C)cc1Br. The van der Waals surface area contributed by atoms with Crippen LogP contribution in [-0.2, 0) is 10.0 Å². The van der Waals surface area contributed by atoms with Crippen LogP contribution in [0.5, 0.6) is 0 Å². The molecule has 0 saturated carbocycles. The molecule has 3 nitrogen and oxygen atoms in total. The highest BCUT2D eigenvalue weighted by atomic mass is 79.9. The number of hydrogen-bond donors (Lipinski definition) is 1. The molecule has 0 amide bonds. The molecule has 1 N–H and O–H groups in total. The Hall–Kier alpha value is 0.0900. The summed E-state index contributed by atoms with van der Waals surface area (Å²) in [5.41, 5.74) is 0.994. The molecule has 0 aliphatic carbocycles. The average Bonchev–Trinajstić information content (AvgIpc) is 2.12. The van der Waals surface area contributed by atoms with Crippen molar-refractivity contribution in [1.82, 2.24) is 4.72 Å². The van der Waals surface area contributed by atoms with Gasteiger partial charge in [0.1, 0.15) is 4.90 Å². The molecule has 16 heavy (non-hydrogen) atoms. The van der Waals surface area contributed by atoms with Crippen LogP contribution in [0, 0.1) is 6.92 Å². The fourth-order valence-electron chi connectivity index (χ4n) is 1.25. The summed E-state index contributed by atoms with van der Waals surface area (Å²) in [5, 5.41) is 0. The number of hydrogen-bond acceptors (Lipinski definition) is 2. The molecule has 0 fully saturated rings. The summed E-state index contributed by atoms with van der Waals surface area (Å²) in [7, 11) is -3.44. The zero-order chi connectivity index (χ0) is 12.3. The lowest BCUT2D eigenvalue weighted by Gasteiger charge is -2.10. The van der Waals surface area contributed by atoms with Gasteiger partial charge in [0, 0.05) is 15.5 Å². The van der Waals surface area contributed by atoms with Gasteiger partial charge < -0.3 is 0 Å². The molecule has 90 valence electrons. The first-order valence-electron chi connectivity index (χ1n) is 4.83. The van der Waals surface area contributed by atoms with Crippen molar-refractivity contribution >= 4 is 41.9 Å². The highest BCUT2D eigenvalue weighted by Crippen LogP contribution is 2.31. The van der Waals surface area contributed by atoms with Gasteiger partial charge in [-0.3, -0.25) is 0 Å². The monoisotopic (exact) mass is 369 g/mol. The molecule has 0 radical (unpaired) electrons. The van der Waals surface area contributed by atoms with Gasteiger partial charge in [0.05, 0.1) is 0 Å². The van der Waals surface area contributed by atoms with Crippen molar-refractivity contribution in [3.05, 3.63) is 26.6 Å². The highest BCUT2D eigenvalue weighted by molar-refractivity contribution is 9.11. The maximum atomic E-state index is 12.0. The fraction of sp³-hybridized carbons (Fsp3) is 0.400. The van der Waals surface area contributed by atoms with Crippen molar-refractivity contribution in [2.24, 2.45) is 0 Å². The van der Waals surface area contributed by atoms with E-state index < -0.39 is 10.0 Å². The number of aryl methyl sites for hydroxylation is 1. The van der Waals surface area contributed by atoms with Gasteiger partial charge in [0.25, 0.3) is 0 Å². The molecule has 1 rings (SSSR count). The van der Waals surface area contributed by atoms with E-state index in [-0.39, 0.29) is 4.90 Å². The summed E-state index contributed by atoms with van der Waals surface area (Å²) in [4.78, 5) is 0.256. The Kier molecular flexibility index (Phi) is 4.97. The molecule has 0 bridgehead atoms. The van der Waals surface area contributed by atoms with Crippen LogP contribution >= 0.6 is 31.9 Å². The van der Waals surface area contributed by atoms with Crippen LogP contribution in [0.4, 0.5) is 0 Å². The maximum absolute atomic E-state index is 12.0. The minimum absolute atomic E-state index is 0.256. The fourth-order valence-corrected chi connectivity index (χ4v) is 5.19. The van der Waals surface area contributed by atoms with Gasteiger partial charge in [-0.05, 0) is 62.9 Å². The molecule has 0 heterocycles. The van der Waals surface area contributed by atoms with Gasteiger partial charge in [-0.2, -0.15) is 0 Å². The van der Waals surface area contributed by atoms with Crippen LogP contribution in [0.25, 0.3) is 0 Å². The minimum atomic E-state index is -3.44. The normalized spacial score (nSPS) is 11.8. The van der Waals surface area contributed by atoms with Gasteiger partial charge in [-0.15, -0.1) is 0 Å². The summed E-state index contributed by atoms with van der Waals surface area (Å²) < 4.78 is 27.6. The van der Waals surface area contributed by atoms with Gasteiger partial charge >= 0.3 is 0 Å². The predicted octanol–water partition coefficient (Wildman–Crippen LogP) is 3.21. The van der Waals surface area contributed by atoms with Crippen molar-refractivity contribution in [2.75, 3.05) is 6.54 Å². The minimum Gasteiger partial charge on any atom is -0.211 e. The first kappa shape index (κ1) is 14.2. The van der Waals surface area contributed by atoms with Crippen molar-refractivity contribution in [1.29, 1.82) is 0 Å². The third-order valence-electron chi connectivity index (χ3n) is 1.95. The van der Waals surface area contributed by atoms with E-state index in [1.54, 1.807) is 12.1 Å². The van der Waals surface area contributed by atoms with Crippen LogP contribution < -0.4 is 4.72 Å². The lowest BCUT2D eigenvalue weighted by atomic mass is 10.2. The van der Waals surface area contributed by atoms with E-state index in [1.807, 2.05) is 13.8 Å². The predicted molar refractivity (Wildman–Crippen MR) is 72.1 cm³/mol. The molecule has 1 aromatic rings. The Bertz CT molecular complexity index is 463. The van der Waals surface area contributed by atoms with Crippen LogP contribution in [0.1, 0.15) is 18.9 Å². The number of benzene rings is 1. The molecule has 0 aliphatic heterocycles. The second-order valence-electron chi connectivity index (χ2n) is 3.46. The van der Waals surface area contributed by atoms with Crippen LogP contribution in [0.2, 0.25) is 0 Å². The van der Waals surface area contributed by atoms with Crippen LogP contribution in [0.15, 0.2) is 26.0 Å². The van der Waals surface area contributed by atoms with Gasteiger partial charge in [0.2, 0.25) is 10.0 Å². The van der Waals surface area contributed by atoms with Crippen molar-refractivity contribution in [3.8, 4) is 0 Å². The number of halogens is 2. The van der Waals surface area contributed by atoms with Gasteiger partial charge in [-0.1, -0.05) is 6.92 Å². The summed E-state index contributed by atoms with van der Waals surface area (Å²) in [6.07, 6.45) is 0.764. The molecule has 0 spiro atoms. The van der Waals surface area contributed by atoms with E-state index in [0.717, 1.165) is 12.0 Å². The molecule has 0 aliphatic rings. The Morgan fingerprint density at radius 1 is 1.25 bits per heavy atom. The van der Waals surface area contributed by atoms with Gasteiger partial charge in [-0.25, -0.2) is 13.1 Å². The van der Waals surface area contributed by atoms with E-state index in [9.17, 15) is 8.42 Å². The maximum Gasteiger partial charge on any atom is 0.242 e. The lowest BCUT2D eigenvalue weighted by molar-refractivity contribution is 0.580. The largest absolute Gasteiger partial charge is 0.242 e. The molecular weight excluding hydrogens is 358 g/mol. The average molecular weight is 371 g/mol. The smallest absolute Gasteiger partial charge is 0.211 e. The molecule has 0 unspecified atom stereocenters. The lowest BCUT2D eigenvalue weighted by Crippen LogP contribution is -2.25. The number of rotatable bonds is 4. The Labute approximate surface area is 113 Å². The van der Waals surface area contributed by atoms with E-state index in [1.165, 1.54) is 0 Å². The quantitative estimate of drug-likeness (QED) is 0.884. The van der Waals surface area contributed by atoms with Crippen LogP contribution in [0.3, 0.4) is 0 Å². The second kappa shape index (κ2) is 5.62. The molecule has 0 aromatic heterocycles. The third kappa shape index (κ3) is 3.29. The van der Waals surface area contributed by atoms with E-state index in [4.69, 9.17) is 0 Å². The van der Waals surface area contributed by atoms with Crippen molar-refractivity contribution in [3.63, 3.8) is 0 Å². The van der Waals surface area contributed by atoms with Crippen molar-refractivity contribution < 1.29 is 8.42 Å². The number of nitrogens with one attached hydrogen (secondary N) is 1. The van der Waals surface area contributed by atoms with Crippen LogP contribution in [-0.4, -0.2) is 15.0 Å². The zero-order valence-corrected chi connectivity index (χ0v) is 13.0. The molecule has 1 aromatic carbocycles.